The molecule has 0 aromatic heterocycles. The summed E-state index contributed by atoms with van der Waals surface area (Å²) in [6.45, 7) is 5.23. The Balaban J connectivity index is 1.50. The highest BCUT2D eigenvalue weighted by Crippen LogP contribution is 2.43. The third-order valence-electron chi connectivity index (χ3n) is 6.83. The van der Waals surface area contributed by atoms with Gasteiger partial charge in [0.15, 0.2) is 6.29 Å². The standard InChI is InChI=1S/C32H37N3O7S/c1-4-40-29(38)17-33-32(39)35-26-7-5-6-24(16-26)31-41-28(19-43-27-14-12-25(13-15-27)34-21(3)37)20(2)30(42-31)23-10-8-22(18-36)9-11-23/h5-16,20,28,30-31,36H,4,17-19H2,1-3H3,(H,34,37)(H2,33,35,39). The highest BCUT2D eigenvalue weighted by atomic mass is 32.2. The molecule has 1 fully saturated rings. The molecule has 1 heterocycles. The van der Waals surface area contributed by atoms with Crippen molar-refractivity contribution < 1.29 is 33.7 Å². The number of thioether (sulfide) groups is 1. The van der Waals surface area contributed by atoms with Crippen LogP contribution in [0.25, 0.3) is 0 Å². The smallest absolute Gasteiger partial charge is 0.325 e. The van der Waals surface area contributed by atoms with Crippen LogP contribution in [0, 0.1) is 5.92 Å². The summed E-state index contributed by atoms with van der Waals surface area (Å²) in [6, 6.07) is 22.0. The molecular weight excluding hydrogens is 570 g/mol. The molecular formula is C32H37N3O7S. The van der Waals surface area contributed by atoms with Gasteiger partial charge in [-0.25, -0.2) is 4.79 Å². The number of benzene rings is 3. The van der Waals surface area contributed by atoms with Crippen LogP contribution < -0.4 is 16.0 Å². The van der Waals surface area contributed by atoms with Crippen molar-refractivity contribution in [3.05, 3.63) is 89.5 Å². The fourth-order valence-electron chi connectivity index (χ4n) is 4.63. The van der Waals surface area contributed by atoms with Crippen molar-refractivity contribution in [3.63, 3.8) is 0 Å². The van der Waals surface area contributed by atoms with Crippen LogP contribution in [0.2, 0.25) is 0 Å². The Morgan fingerprint density at radius 2 is 1.67 bits per heavy atom. The number of aliphatic hydroxyl groups excluding tert-OH is 1. The maximum atomic E-state index is 12.4. The number of hydrogen-bond donors (Lipinski definition) is 4. The number of urea groups is 1. The minimum Gasteiger partial charge on any atom is -0.465 e. The van der Waals surface area contributed by atoms with E-state index in [0.717, 1.165) is 27.3 Å². The molecule has 1 aliphatic rings. The molecule has 0 aliphatic carbocycles. The Labute approximate surface area is 255 Å². The van der Waals surface area contributed by atoms with Crippen molar-refractivity contribution in [1.29, 1.82) is 0 Å². The quantitative estimate of drug-likeness (QED) is 0.168. The number of nitrogens with one attached hydrogen (secondary N) is 3. The molecule has 228 valence electrons. The number of anilines is 2. The first-order valence-corrected chi connectivity index (χ1v) is 15.1. The van der Waals surface area contributed by atoms with Gasteiger partial charge in [-0.2, -0.15) is 0 Å². The lowest BCUT2D eigenvalue weighted by Gasteiger charge is -2.41. The molecule has 1 aliphatic heterocycles. The van der Waals surface area contributed by atoms with Gasteiger partial charge >= 0.3 is 12.0 Å². The third kappa shape index (κ3) is 9.29. The molecule has 0 saturated carbocycles. The second kappa shape index (κ2) is 15.5. The van der Waals surface area contributed by atoms with Crippen molar-refractivity contribution in [1.82, 2.24) is 5.32 Å². The molecule has 3 aromatic carbocycles. The number of esters is 1. The van der Waals surface area contributed by atoms with E-state index in [1.165, 1.54) is 6.92 Å². The number of carbonyl (C=O) groups is 3. The summed E-state index contributed by atoms with van der Waals surface area (Å²) in [6.07, 6.45) is -1.19. The minimum atomic E-state index is -0.712. The molecule has 0 spiro atoms. The molecule has 4 rings (SSSR count). The topological polar surface area (TPSA) is 135 Å². The van der Waals surface area contributed by atoms with Gasteiger partial charge in [0.1, 0.15) is 6.54 Å². The summed E-state index contributed by atoms with van der Waals surface area (Å²) in [5.74, 6) is 0.0120. The van der Waals surface area contributed by atoms with Gasteiger partial charge in [-0.1, -0.05) is 43.3 Å². The van der Waals surface area contributed by atoms with Crippen LogP contribution in [0.4, 0.5) is 16.2 Å². The van der Waals surface area contributed by atoms with E-state index in [4.69, 9.17) is 14.2 Å². The van der Waals surface area contributed by atoms with Crippen molar-refractivity contribution >= 4 is 41.0 Å². The Morgan fingerprint density at radius 3 is 2.35 bits per heavy atom. The highest BCUT2D eigenvalue weighted by molar-refractivity contribution is 7.99. The van der Waals surface area contributed by atoms with Crippen LogP contribution in [-0.2, 0) is 30.4 Å². The van der Waals surface area contributed by atoms with Gasteiger partial charge in [0.25, 0.3) is 0 Å². The third-order valence-corrected chi connectivity index (χ3v) is 7.93. The Kier molecular flexibility index (Phi) is 11.6. The molecule has 43 heavy (non-hydrogen) atoms. The molecule has 4 atom stereocenters. The largest absolute Gasteiger partial charge is 0.465 e. The summed E-state index contributed by atoms with van der Waals surface area (Å²) in [5, 5.41) is 17.5. The second-order valence-electron chi connectivity index (χ2n) is 10.1. The fourth-order valence-corrected chi connectivity index (χ4v) is 5.70. The minimum absolute atomic E-state index is 0.00246. The maximum absolute atomic E-state index is 12.4. The lowest BCUT2D eigenvalue weighted by Crippen LogP contribution is -2.38. The highest BCUT2D eigenvalue weighted by Gasteiger charge is 2.38. The first-order chi connectivity index (χ1) is 20.7. The van der Waals surface area contributed by atoms with Gasteiger partial charge in [0.05, 0.1) is 25.4 Å². The number of rotatable bonds is 11. The van der Waals surface area contributed by atoms with Crippen molar-refractivity contribution in [2.75, 3.05) is 29.5 Å². The van der Waals surface area contributed by atoms with E-state index in [2.05, 4.69) is 22.9 Å². The normalized spacial score (nSPS) is 19.7. The Hall–Kier alpha value is -3.90. The van der Waals surface area contributed by atoms with Crippen LogP contribution in [0.3, 0.4) is 0 Å². The molecule has 11 heteroatoms. The summed E-state index contributed by atoms with van der Waals surface area (Å²) in [5.41, 5.74) is 3.76. The number of carbonyl (C=O) groups excluding carboxylic acids is 3. The first-order valence-electron chi connectivity index (χ1n) is 14.1. The van der Waals surface area contributed by atoms with Crippen molar-refractivity contribution in [3.8, 4) is 0 Å². The summed E-state index contributed by atoms with van der Waals surface area (Å²) < 4.78 is 17.9. The summed E-state index contributed by atoms with van der Waals surface area (Å²) >= 11 is 1.65. The van der Waals surface area contributed by atoms with Gasteiger partial charge in [-0.15, -0.1) is 11.8 Å². The SMILES string of the molecule is CCOC(=O)CNC(=O)Nc1cccc(C2OC(CSc3ccc(NC(C)=O)cc3)C(C)C(c3ccc(CO)cc3)O2)c1. The molecule has 3 aromatic rings. The van der Waals surface area contributed by atoms with E-state index >= 15 is 0 Å². The summed E-state index contributed by atoms with van der Waals surface area (Å²) in [7, 11) is 0. The van der Waals surface area contributed by atoms with Gasteiger partial charge in [-0.3, -0.25) is 9.59 Å². The van der Waals surface area contributed by atoms with E-state index < -0.39 is 18.3 Å². The number of ether oxygens (including phenoxy) is 3. The van der Waals surface area contributed by atoms with E-state index in [0.29, 0.717) is 11.4 Å². The van der Waals surface area contributed by atoms with E-state index in [9.17, 15) is 19.5 Å². The predicted octanol–water partition coefficient (Wildman–Crippen LogP) is 5.41. The zero-order valence-electron chi connectivity index (χ0n) is 24.4. The second-order valence-corrected chi connectivity index (χ2v) is 11.2. The Morgan fingerprint density at radius 1 is 0.930 bits per heavy atom. The summed E-state index contributed by atoms with van der Waals surface area (Å²) in [4.78, 5) is 36.3. The van der Waals surface area contributed by atoms with Crippen LogP contribution in [0.5, 0.6) is 0 Å². The average Bonchev–Trinajstić information content (AvgIpc) is 3.00. The van der Waals surface area contributed by atoms with Gasteiger partial charge < -0.3 is 35.3 Å². The van der Waals surface area contributed by atoms with E-state index in [-0.39, 0.29) is 43.8 Å². The molecule has 0 bridgehead atoms. The zero-order chi connectivity index (χ0) is 30.8. The van der Waals surface area contributed by atoms with Crippen molar-refractivity contribution in [2.24, 2.45) is 5.92 Å². The average molecular weight is 608 g/mol. The van der Waals surface area contributed by atoms with E-state index in [1.54, 1.807) is 36.9 Å². The monoisotopic (exact) mass is 607 g/mol. The van der Waals surface area contributed by atoms with Gasteiger partial charge in [0, 0.05) is 40.4 Å². The number of amides is 3. The van der Waals surface area contributed by atoms with Crippen molar-refractivity contribution in [2.45, 2.75) is 50.8 Å². The zero-order valence-corrected chi connectivity index (χ0v) is 25.2. The van der Waals surface area contributed by atoms with Crippen LogP contribution in [-0.4, -0.2) is 48.0 Å². The number of hydrogen-bond acceptors (Lipinski definition) is 8. The lowest BCUT2D eigenvalue weighted by atomic mass is 9.91. The molecule has 0 radical (unpaired) electrons. The molecule has 3 amide bonds. The Bertz CT molecular complexity index is 1380. The molecule has 4 N–H and O–H groups in total. The lowest BCUT2D eigenvalue weighted by molar-refractivity contribution is -0.268. The van der Waals surface area contributed by atoms with Crippen LogP contribution in [0.1, 0.15) is 49.9 Å². The molecule has 10 nitrogen and oxygen atoms in total. The molecule has 4 unspecified atom stereocenters. The fraction of sp³-hybridized carbons (Fsp3) is 0.344. The van der Waals surface area contributed by atoms with Gasteiger partial charge in [0.2, 0.25) is 5.91 Å². The van der Waals surface area contributed by atoms with E-state index in [1.807, 2.05) is 54.6 Å². The predicted molar refractivity (Wildman–Crippen MR) is 165 cm³/mol. The maximum Gasteiger partial charge on any atom is 0.325 e. The van der Waals surface area contributed by atoms with Crippen LogP contribution >= 0.6 is 11.8 Å². The van der Waals surface area contributed by atoms with Crippen LogP contribution in [0.15, 0.2) is 77.7 Å². The molecule has 1 saturated heterocycles. The first kappa shape index (κ1) is 32.0. The number of aliphatic hydroxyl groups is 1. The van der Waals surface area contributed by atoms with Gasteiger partial charge in [-0.05, 0) is 54.4 Å².